The number of carbonyl (C=O) groups excluding carboxylic acids is 2. The first-order chi connectivity index (χ1) is 16.7. The maximum atomic E-state index is 13.0. The second-order valence-corrected chi connectivity index (χ2v) is 7.70. The maximum Gasteiger partial charge on any atom is 0.267 e. The van der Waals surface area contributed by atoms with Gasteiger partial charge in [0.1, 0.15) is 11.5 Å². The van der Waals surface area contributed by atoms with E-state index in [0.717, 1.165) is 16.9 Å². The van der Waals surface area contributed by atoms with Crippen molar-refractivity contribution in [3.8, 4) is 11.5 Å². The highest BCUT2D eigenvalue weighted by molar-refractivity contribution is 6.05. The van der Waals surface area contributed by atoms with Crippen LogP contribution < -0.4 is 20.1 Å². The normalized spacial score (nSPS) is 12.5. The fourth-order valence-corrected chi connectivity index (χ4v) is 3.63. The Labute approximate surface area is 195 Å². The number of amides is 2. The predicted molar refractivity (Wildman–Crippen MR) is 127 cm³/mol. The van der Waals surface area contributed by atoms with Crippen molar-refractivity contribution in [2.45, 2.75) is 6.42 Å². The van der Waals surface area contributed by atoms with Gasteiger partial charge in [0.2, 0.25) is 6.79 Å². The lowest BCUT2D eigenvalue weighted by molar-refractivity contribution is -0.117. The number of ether oxygens (including phenoxy) is 2. The molecule has 0 aliphatic carbocycles. The van der Waals surface area contributed by atoms with Gasteiger partial charge in [-0.05, 0) is 48.0 Å². The molecule has 8 heteroatoms. The molecule has 3 aromatic carbocycles. The van der Waals surface area contributed by atoms with Crippen molar-refractivity contribution in [3.05, 3.63) is 95.4 Å². The number of aromatic nitrogens is 2. The summed E-state index contributed by atoms with van der Waals surface area (Å²) in [5, 5.41) is 5.60. The first-order valence-electron chi connectivity index (χ1n) is 10.9. The van der Waals surface area contributed by atoms with Crippen LogP contribution in [0.15, 0.2) is 78.5 Å². The molecule has 0 bridgehead atoms. The monoisotopic (exact) mass is 454 g/mol. The van der Waals surface area contributed by atoms with Crippen LogP contribution in [0.5, 0.6) is 11.5 Å². The molecule has 1 aliphatic heterocycles. The number of H-pyrrole nitrogens is 1. The molecule has 170 valence electrons. The van der Waals surface area contributed by atoms with Gasteiger partial charge in [-0.2, -0.15) is 0 Å². The minimum Gasteiger partial charge on any atom is -0.454 e. The van der Waals surface area contributed by atoms with E-state index in [1.54, 1.807) is 48.5 Å². The van der Waals surface area contributed by atoms with Gasteiger partial charge in [0, 0.05) is 18.5 Å². The molecule has 0 saturated heterocycles. The zero-order valence-corrected chi connectivity index (χ0v) is 18.2. The number of aromatic amines is 1. The van der Waals surface area contributed by atoms with Gasteiger partial charge in [0.15, 0.2) is 11.5 Å². The largest absolute Gasteiger partial charge is 0.454 e. The van der Waals surface area contributed by atoms with Crippen molar-refractivity contribution >= 4 is 28.9 Å². The topological polar surface area (TPSA) is 105 Å². The van der Waals surface area contributed by atoms with Crippen molar-refractivity contribution in [2.75, 3.05) is 13.3 Å². The lowest BCUT2D eigenvalue weighted by Gasteiger charge is -2.11. The molecule has 0 fully saturated rings. The van der Waals surface area contributed by atoms with Gasteiger partial charge < -0.3 is 25.1 Å². The Morgan fingerprint density at radius 1 is 0.971 bits per heavy atom. The Kier molecular flexibility index (Phi) is 5.94. The summed E-state index contributed by atoms with van der Waals surface area (Å²) in [6, 6.07) is 21.8. The number of nitrogens with one attached hydrogen (secondary N) is 3. The Bertz CT molecular complexity index is 1350. The van der Waals surface area contributed by atoms with Crippen molar-refractivity contribution < 1.29 is 19.1 Å². The fraction of sp³-hybridized carbons (Fsp3) is 0.115. The van der Waals surface area contributed by atoms with Crippen molar-refractivity contribution in [1.82, 2.24) is 20.6 Å². The standard InChI is InChI=1S/C26H22N4O4/c31-25(18-6-2-1-3-7-18)30-21(14-17-10-11-22-23(15-17)34-16-33-22)26(32)27-13-12-24-28-19-8-4-5-9-20(19)29-24/h1-11,14-15H,12-13,16H2,(H,27,32)(H,28,29)(H,30,31)/b21-14+. The van der Waals surface area contributed by atoms with Gasteiger partial charge in [0.05, 0.1) is 11.0 Å². The van der Waals surface area contributed by atoms with E-state index in [9.17, 15) is 9.59 Å². The number of nitrogens with zero attached hydrogens (tertiary/aromatic N) is 1. The van der Waals surface area contributed by atoms with Crippen LogP contribution in [0.4, 0.5) is 0 Å². The average molecular weight is 454 g/mol. The molecule has 3 N–H and O–H groups in total. The minimum atomic E-state index is -0.405. The molecule has 8 nitrogen and oxygen atoms in total. The second-order valence-electron chi connectivity index (χ2n) is 7.70. The highest BCUT2D eigenvalue weighted by Crippen LogP contribution is 2.33. The molecule has 0 atom stereocenters. The Hall–Kier alpha value is -4.59. The van der Waals surface area contributed by atoms with Gasteiger partial charge in [-0.25, -0.2) is 4.98 Å². The van der Waals surface area contributed by atoms with Crippen LogP contribution in [0.1, 0.15) is 21.7 Å². The number of fused-ring (bicyclic) bond motifs is 2. The van der Waals surface area contributed by atoms with E-state index < -0.39 is 5.91 Å². The second kappa shape index (κ2) is 9.50. The summed E-state index contributed by atoms with van der Waals surface area (Å²) in [6.45, 7) is 0.501. The van der Waals surface area contributed by atoms with Gasteiger partial charge in [-0.15, -0.1) is 0 Å². The highest BCUT2D eigenvalue weighted by Gasteiger charge is 2.17. The smallest absolute Gasteiger partial charge is 0.267 e. The molecule has 5 rings (SSSR count). The number of para-hydroxylation sites is 2. The first kappa shape index (κ1) is 21.3. The van der Waals surface area contributed by atoms with E-state index in [2.05, 4.69) is 20.6 Å². The number of rotatable bonds is 7. The van der Waals surface area contributed by atoms with Crippen molar-refractivity contribution in [2.24, 2.45) is 0 Å². The molecule has 0 radical (unpaired) electrons. The summed E-state index contributed by atoms with van der Waals surface area (Å²) in [4.78, 5) is 33.5. The summed E-state index contributed by atoms with van der Waals surface area (Å²) < 4.78 is 10.8. The molecule has 0 unspecified atom stereocenters. The van der Waals surface area contributed by atoms with Crippen molar-refractivity contribution in [1.29, 1.82) is 0 Å². The van der Waals surface area contributed by atoms with Crippen LogP contribution in [0.25, 0.3) is 17.1 Å². The zero-order chi connectivity index (χ0) is 23.3. The molecule has 1 aromatic heterocycles. The lowest BCUT2D eigenvalue weighted by atomic mass is 10.1. The molecular formula is C26H22N4O4. The van der Waals surface area contributed by atoms with Crippen LogP contribution in [0, 0.1) is 0 Å². The third-order valence-corrected chi connectivity index (χ3v) is 5.32. The lowest BCUT2D eigenvalue weighted by Crippen LogP contribution is -2.35. The minimum absolute atomic E-state index is 0.123. The van der Waals surface area contributed by atoms with Gasteiger partial charge >= 0.3 is 0 Å². The van der Waals surface area contributed by atoms with E-state index >= 15 is 0 Å². The predicted octanol–water partition coefficient (Wildman–Crippen LogP) is 3.42. The van der Waals surface area contributed by atoms with E-state index in [1.165, 1.54) is 0 Å². The number of imidazole rings is 1. The Balaban J connectivity index is 1.32. The third kappa shape index (κ3) is 4.75. The van der Waals surface area contributed by atoms with Gasteiger partial charge in [0.25, 0.3) is 11.8 Å². The fourth-order valence-electron chi connectivity index (χ4n) is 3.63. The summed E-state index contributed by atoms with van der Waals surface area (Å²) in [5.74, 6) is 1.23. The average Bonchev–Trinajstić information content (AvgIpc) is 3.50. The molecule has 4 aromatic rings. The summed E-state index contributed by atoms with van der Waals surface area (Å²) >= 11 is 0. The maximum absolute atomic E-state index is 13.0. The van der Waals surface area contributed by atoms with Crippen LogP contribution in [-0.4, -0.2) is 35.1 Å². The third-order valence-electron chi connectivity index (χ3n) is 5.32. The molecule has 2 heterocycles. The SMILES string of the molecule is O=C(NCCc1nc2ccccc2[nH]1)/C(=C\c1ccc2c(c1)OCO2)NC(=O)c1ccccc1. The Morgan fingerprint density at radius 3 is 2.62 bits per heavy atom. The number of hydrogen-bond acceptors (Lipinski definition) is 5. The molecule has 0 spiro atoms. The van der Waals surface area contributed by atoms with E-state index in [-0.39, 0.29) is 18.4 Å². The molecular weight excluding hydrogens is 432 g/mol. The molecule has 1 aliphatic rings. The number of benzene rings is 3. The Morgan fingerprint density at radius 2 is 1.76 bits per heavy atom. The summed E-state index contributed by atoms with van der Waals surface area (Å²) in [7, 11) is 0. The number of carbonyl (C=O) groups is 2. The van der Waals surface area contributed by atoms with Crippen molar-refractivity contribution in [3.63, 3.8) is 0 Å². The van der Waals surface area contributed by atoms with E-state index in [1.807, 2.05) is 30.3 Å². The van der Waals surface area contributed by atoms with E-state index in [0.29, 0.717) is 35.6 Å². The molecule has 34 heavy (non-hydrogen) atoms. The zero-order valence-electron chi connectivity index (χ0n) is 18.2. The number of hydrogen-bond donors (Lipinski definition) is 3. The van der Waals surface area contributed by atoms with E-state index in [4.69, 9.17) is 9.47 Å². The summed E-state index contributed by atoms with van der Waals surface area (Å²) in [5.41, 5.74) is 3.09. The molecule has 0 saturated carbocycles. The van der Waals surface area contributed by atoms with Crippen LogP contribution in [0.2, 0.25) is 0 Å². The van der Waals surface area contributed by atoms with Crippen LogP contribution in [-0.2, 0) is 11.2 Å². The van der Waals surface area contributed by atoms with Crippen LogP contribution >= 0.6 is 0 Å². The van der Waals surface area contributed by atoms with Crippen LogP contribution in [0.3, 0.4) is 0 Å². The highest BCUT2D eigenvalue weighted by atomic mass is 16.7. The summed E-state index contributed by atoms with van der Waals surface area (Å²) in [6.07, 6.45) is 2.13. The quantitative estimate of drug-likeness (QED) is 0.371. The van der Waals surface area contributed by atoms with Gasteiger partial charge in [-0.1, -0.05) is 36.4 Å². The van der Waals surface area contributed by atoms with Gasteiger partial charge in [-0.3, -0.25) is 9.59 Å². The molecule has 2 amide bonds. The first-order valence-corrected chi connectivity index (χ1v) is 10.9.